The Morgan fingerprint density at radius 1 is 1.29 bits per heavy atom. The molecule has 0 saturated heterocycles. The summed E-state index contributed by atoms with van der Waals surface area (Å²) in [7, 11) is 0. The van der Waals surface area contributed by atoms with Gasteiger partial charge in [0, 0.05) is 5.56 Å². The highest BCUT2D eigenvalue weighted by molar-refractivity contribution is 5.60. The Balaban J connectivity index is 1.97. The van der Waals surface area contributed by atoms with Crippen LogP contribution < -0.4 is 15.2 Å². The van der Waals surface area contributed by atoms with Gasteiger partial charge >= 0.3 is 0 Å². The van der Waals surface area contributed by atoms with Crippen molar-refractivity contribution in [1.29, 1.82) is 0 Å². The monoisotopic (exact) mass is 233 g/mol. The number of hydrogen-bond donors (Lipinski definition) is 1. The van der Waals surface area contributed by atoms with Crippen molar-refractivity contribution < 1.29 is 14.0 Å². The Morgan fingerprint density at radius 2 is 2.12 bits per heavy atom. The summed E-state index contributed by atoms with van der Waals surface area (Å²) in [6.07, 6.45) is 0. The van der Waals surface area contributed by atoms with E-state index in [2.05, 4.69) is 10.1 Å². The molecule has 0 fully saturated rings. The summed E-state index contributed by atoms with van der Waals surface area (Å²) in [5.41, 5.74) is 6.45. The molecule has 88 valence electrons. The van der Waals surface area contributed by atoms with Crippen molar-refractivity contribution in [2.45, 2.75) is 13.0 Å². The molecule has 1 aliphatic rings. The second kappa shape index (κ2) is 3.74. The first-order valence-electron chi connectivity index (χ1n) is 5.23. The van der Waals surface area contributed by atoms with Gasteiger partial charge in [0.2, 0.25) is 6.79 Å². The zero-order chi connectivity index (χ0) is 11.8. The molecule has 0 aliphatic carbocycles. The fraction of sp³-hybridized carbons (Fsp3) is 0.273. The van der Waals surface area contributed by atoms with Crippen LogP contribution in [0.1, 0.15) is 18.8 Å². The van der Waals surface area contributed by atoms with Crippen molar-refractivity contribution >= 4 is 0 Å². The summed E-state index contributed by atoms with van der Waals surface area (Å²) in [5, 5.41) is 3.80. The highest BCUT2D eigenvalue weighted by atomic mass is 16.7. The highest BCUT2D eigenvalue weighted by Gasteiger charge is 2.17. The quantitative estimate of drug-likeness (QED) is 0.845. The average molecular weight is 233 g/mol. The maximum Gasteiger partial charge on any atom is 0.258 e. The number of hydrogen-bond acceptors (Lipinski definition) is 6. The Labute approximate surface area is 97.3 Å². The summed E-state index contributed by atoms with van der Waals surface area (Å²) in [4.78, 5) is 4.21. The second-order valence-corrected chi connectivity index (χ2v) is 3.81. The molecule has 0 bridgehead atoms. The summed E-state index contributed by atoms with van der Waals surface area (Å²) in [6.45, 7) is 2.04. The van der Waals surface area contributed by atoms with Crippen LogP contribution in [0.15, 0.2) is 22.7 Å². The fourth-order valence-electron chi connectivity index (χ4n) is 1.57. The van der Waals surface area contributed by atoms with E-state index in [9.17, 15) is 0 Å². The van der Waals surface area contributed by atoms with E-state index >= 15 is 0 Å². The lowest BCUT2D eigenvalue weighted by Gasteiger charge is -1.97. The van der Waals surface area contributed by atoms with Gasteiger partial charge in [-0.15, -0.1) is 0 Å². The van der Waals surface area contributed by atoms with Gasteiger partial charge in [-0.25, -0.2) is 0 Å². The smallest absolute Gasteiger partial charge is 0.258 e. The number of ether oxygens (including phenoxy) is 2. The third-order valence-corrected chi connectivity index (χ3v) is 2.47. The molecule has 2 heterocycles. The van der Waals surface area contributed by atoms with Crippen LogP contribution in [-0.2, 0) is 0 Å². The van der Waals surface area contributed by atoms with E-state index in [1.54, 1.807) is 13.0 Å². The molecule has 0 spiro atoms. The number of benzene rings is 1. The highest BCUT2D eigenvalue weighted by Crippen LogP contribution is 2.35. The van der Waals surface area contributed by atoms with Crippen LogP contribution in [0.5, 0.6) is 11.5 Å². The van der Waals surface area contributed by atoms with Crippen LogP contribution in [0.2, 0.25) is 0 Å². The summed E-state index contributed by atoms with van der Waals surface area (Å²) >= 11 is 0. The molecule has 0 radical (unpaired) electrons. The van der Waals surface area contributed by atoms with Gasteiger partial charge in [-0.2, -0.15) is 4.98 Å². The Hall–Kier alpha value is -2.08. The number of nitrogens with two attached hydrogens (primary N) is 1. The van der Waals surface area contributed by atoms with Gasteiger partial charge in [0.1, 0.15) is 0 Å². The zero-order valence-corrected chi connectivity index (χ0v) is 9.21. The van der Waals surface area contributed by atoms with Crippen molar-refractivity contribution in [2.75, 3.05) is 6.79 Å². The van der Waals surface area contributed by atoms with E-state index in [4.69, 9.17) is 19.7 Å². The maximum absolute atomic E-state index is 5.67. The lowest BCUT2D eigenvalue weighted by Crippen LogP contribution is -2.06. The largest absolute Gasteiger partial charge is 0.454 e. The summed E-state index contributed by atoms with van der Waals surface area (Å²) < 4.78 is 15.6. The predicted octanol–water partition coefficient (Wildman–Crippen LogP) is 1.49. The van der Waals surface area contributed by atoms with Gasteiger partial charge in [-0.1, -0.05) is 5.16 Å². The van der Waals surface area contributed by atoms with Gasteiger partial charge in [0.15, 0.2) is 17.3 Å². The number of nitrogens with zero attached hydrogens (tertiary/aromatic N) is 2. The number of aromatic nitrogens is 2. The van der Waals surface area contributed by atoms with Crippen LogP contribution in [0.4, 0.5) is 0 Å². The number of rotatable bonds is 2. The molecule has 1 aromatic carbocycles. The van der Waals surface area contributed by atoms with Crippen molar-refractivity contribution in [1.82, 2.24) is 10.1 Å². The van der Waals surface area contributed by atoms with E-state index < -0.39 is 0 Å². The van der Waals surface area contributed by atoms with E-state index in [1.807, 2.05) is 12.1 Å². The molecular formula is C11H11N3O3. The normalized spacial score (nSPS) is 14.9. The lowest BCUT2D eigenvalue weighted by atomic mass is 10.2. The van der Waals surface area contributed by atoms with Crippen LogP contribution >= 0.6 is 0 Å². The molecule has 1 unspecified atom stereocenters. The average Bonchev–Trinajstić information content (AvgIpc) is 2.97. The second-order valence-electron chi connectivity index (χ2n) is 3.81. The molecule has 0 amide bonds. The van der Waals surface area contributed by atoms with E-state index in [-0.39, 0.29) is 12.8 Å². The summed E-state index contributed by atoms with van der Waals surface area (Å²) in [6, 6.07) is 5.21. The molecule has 2 N–H and O–H groups in total. The zero-order valence-electron chi connectivity index (χ0n) is 9.21. The topological polar surface area (TPSA) is 83.4 Å². The Kier molecular flexibility index (Phi) is 2.22. The van der Waals surface area contributed by atoms with Gasteiger partial charge in [-0.3, -0.25) is 0 Å². The Morgan fingerprint density at radius 3 is 2.88 bits per heavy atom. The van der Waals surface area contributed by atoms with Gasteiger partial charge in [0.05, 0.1) is 6.04 Å². The van der Waals surface area contributed by atoms with E-state index in [1.165, 1.54) is 0 Å². The van der Waals surface area contributed by atoms with Crippen LogP contribution in [0.3, 0.4) is 0 Å². The SMILES string of the molecule is CC(N)c1noc(-c2ccc3c(c2)OCO3)n1. The first kappa shape index (κ1) is 10.1. The molecule has 1 aromatic heterocycles. The minimum absolute atomic E-state index is 0.244. The molecule has 1 atom stereocenters. The molecular weight excluding hydrogens is 222 g/mol. The van der Waals surface area contributed by atoms with Crippen LogP contribution in [-0.4, -0.2) is 16.9 Å². The van der Waals surface area contributed by atoms with Crippen LogP contribution in [0, 0.1) is 0 Å². The maximum atomic E-state index is 5.67. The van der Waals surface area contributed by atoms with Crippen molar-refractivity contribution in [3.05, 3.63) is 24.0 Å². The third kappa shape index (κ3) is 1.72. The molecule has 2 aromatic rings. The minimum Gasteiger partial charge on any atom is -0.454 e. The van der Waals surface area contributed by atoms with Crippen molar-refractivity contribution in [2.24, 2.45) is 5.73 Å². The summed E-state index contributed by atoms with van der Waals surface area (Å²) in [5.74, 6) is 2.32. The lowest BCUT2D eigenvalue weighted by molar-refractivity contribution is 0.174. The number of fused-ring (bicyclic) bond motifs is 1. The van der Waals surface area contributed by atoms with E-state index in [0.717, 1.165) is 11.3 Å². The predicted molar refractivity (Wildman–Crippen MR) is 58.5 cm³/mol. The molecule has 6 nitrogen and oxygen atoms in total. The van der Waals surface area contributed by atoms with Gasteiger partial charge in [0.25, 0.3) is 5.89 Å². The van der Waals surface area contributed by atoms with Crippen molar-refractivity contribution in [3.63, 3.8) is 0 Å². The molecule has 6 heteroatoms. The Bertz CT molecular complexity index is 551. The van der Waals surface area contributed by atoms with E-state index in [0.29, 0.717) is 17.5 Å². The fourth-order valence-corrected chi connectivity index (χ4v) is 1.57. The van der Waals surface area contributed by atoms with Crippen molar-refractivity contribution in [3.8, 4) is 23.0 Å². The standard InChI is InChI=1S/C11H11N3O3/c1-6(12)10-13-11(17-14-10)7-2-3-8-9(4-7)16-5-15-8/h2-4,6H,5,12H2,1H3. The van der Waals surface area contributed by atoms with Gasteiger partial charge in [-0.05, 0) is 25.1 Å². The first-order valence-corrected chi connectivity index (χ1v) is 5.23. The molecule has 1 aliphatic heterocycles. The third-order valence-electron chi connectivity index (χ3n) is 2.47. The van der Waals surface area contributed by atoms with Crippen LogP contribution in [0.25, 0.3) is 11.5 Å². The first-order chi connectivity index (χ1) is 8.24. The molecule has 17 heavy (non-hydrogen) atoms. The molecule has 3 rings (SSSR count). The van der Waals surface area contributed by atoms with Gasteiger partial charge < -0.3 is 19.7 Å². The minimum atomic E-state index is -0.249. The molecule has 0 saturated carbocycles.